The van der Waals surface area contributed by atoms with Gasteiger partial charge in [0.25, 0.3) is 0 Å². The molecule has 1 heterocycles. The molecular formula is C26H38O4. The molecule has 3 unspecified atom stereocenters. The SMILES string of the molecule is CC(C)CCC1(c2ccccc2)CC(=O)C(C(CC(C)C)OC2CCCC2)C(=O)O1. The summed E-state index contributed by atoms with van der Waals surface area (Å²) in [5, 5.41) is 0. The largest absolute Gasteiger partial charge is 0.453 e. The smallest absolute Gasteiger partial charge is 0.320 e. The average molecular weight is 415 g/mol. The van der Waals surface area contributed by atoms with Crippen LogP contribution in [0.25, 0.3) is 0 Å². The second-order valence-corrected chi connectivity index (χ2v) is 10.0. The number of hydrogen-bond donors (Lipinski definition) is 0. The number of hydrogen-bond acceptors (Lipinski definition) is 4. The molecule has 0 bridgehead atoms. The fourth-order valence-electron chi connectivity index (χ4n) is 4.89. The van der Waals surface area contributed by atoms with Crippen LogP contribution in [0.5, 0.6) is 0 Å². The monoisotopic (exact) mass is 414 g/mol. The molecule has 4 heteroatoms. The van der Waals surface area contributed by atoms with Crippen LogP contribution < -0.4 is 0 Å². The van der Waals surface area contributed by atoms with E-state index in [0.29, 0.717) is 24.7 Å². The van der Waals surface area contributed by atoms with Gasteiger partial charge in [-0.25, -0.2) is 0 Å². The van der Waals surface area contributed by atoms with Gasteiger partial charge >= 0.3 is 5.97 Å². The van der Waals surface area contributed by atoms with E-state index in [1.165, 1.54) is 0 Å². The summed E-state index contributed by atoms with van der Waals surface area (Å²) in [7, 11) is 0. The van der Waals surface area contributed by atoms with Crippen molar-refractivity contribution in [2.75, 3.05) is 0 Å². The molecular weight excluding hydrogens is 376 g/mol. The van der Waals surface area contributed by atoms with Gasteiger partial charge in [0, 0.05) is 0 Å². The fourth-order valence-corrected chi connectivity index (χ4v) is 4.89. The third kappa shape index (κ3) is 5.51. The number of rotatable bonds is 9. The zero-order chi connectivity index (χ0) is 21.7. The van der Waals surface area contributed by atoms with Crippen LogP contribution in [0.4, 0.5) is 0 Å². The van der Waals surface area contributed by atoms with Gasteiger partial charge in [-0.1, -0.05) is 70.9 Å². The maximum atomic E-state index is 13.5. The Morgan fingerprint density at radius 3 is 2.27 bits per heavy atom. The van der Waals surface area contributed by atoms with E-state index in [1.807, 2.05) is 30.3 Å². The van der Waals surface area contributed by atoms with Crippen LogP contribution in [0, 0.1) is 17.8 Å². The number of carbonyl (C=O) groups excluding carboxylic acids is 2. The average Bonchev–Trinajstić information content (AvgIpc) is 3.19. The normalized spacial score (nSPS) is 26.4. The first kappa shape index (κ1) is 23.0. The van der Waals surface area contributed by atoms with E-state index in [-0.39, 0.29) is 24.4 Å². The number of ketones is 1. The van der Waals surface area contributed by atoms with Crippen molar-refractivity contribution in [1.29, 1.82) is 0 Å². The van der Waals surface area contributed by atoms with Crippen molar-refractivity contribution in [3.8, 4) is 0 Å². The summed E-state index contributed by atoms with van der Waals surface area (Å²) in [6.45, 7) is 8.53. The molecule has 166 valence electrons. The van der Waals surface area contributed by atoms with E-state index >= 15 is 0 Å². The minimum Gasteiger partial charge on any atom is -0.453 e. The maximum Gasteiger partial charge on any atom is 0.320 e. The number of esters is 1. The molecule has 0 spiro atoms. The molecule has 0 radical (unpaired) electrons. The van der Waals surface area contributed by atoms with Crippen molar-refractivity contribution >= 4 is 11.8 Å². The molecule has 0 N–H and O–H groups in total. The van der Waals surface area contributed by atoms with Gasteiger partial charge in [0.2, 0.25) is 0 Å². The summed E-state index contributed by atoms with van der Waals surface area (Å²) < 4.78 is 12.5. The second kappa shape index (κ2) is 10.1. The first-order valence-electron chi connectivity index (χ1n) is 11.8. The van der Waals surface area contributed by atoms with Crippen molar-refractivity contribution in [2.24, 2.45) is 17.8 Å². The van der Waals surface area contributed by atoms with Gasteiger partial charge in [0.05, 0.1) is 18.6 Å². The minimum atomic E-state index is -0.855. The van der Waals surface area contributed by atoms with E-state index in [0.717, 1.165) is 37.7 Å². The number of cyclic esters (lactones) is 1. The topological polar surface area (TPSA) is 52.6 Å². The van der Waals surface area contributed by atoms with Gasteiger partial charge < -0.3 is 9.47 Å². The van der Waals surface area contributed by atoms with Crippen LogP contribution >= 0.6 is 0 Å². The molecule has 1 aliphatic heterocycles. The molecule has 0 aromatic heterocycles. The summed E-state index contributed by atoms with van der Waals surface area (Å²) in [6.07, 6.45) is 6.64. The Morgan fingerprint density at radius 1 is 1.03 bits per heavy atom. The van der Waals surface area contributed by atoms with Crippen molar-refractivity contribution in [3.63, 3.8) is 0 Å². The summed E-state index contributed by atoms with van der Waals surface area (Å²) in [5.41, 5.74) is 0.0641. The highest BCUT2D eigenvalue weighted by Crippen LogP contribution is 2.42. The van der Waals surface area contributed by atoms with E-state index in [9.17, 15) is 9.59 Å². The molecule has 1 saturated heterocycles. The van der Waals surface area contributed by atoms with Crippen molar-refractivity contribution in [1.82, 2.24) is 0 Å². The number of carbonyl (C=O) groups is 2. The fraction of sp³-hybridized carbons (Fsp3) is 0.692. The Balaban J connectivity index is 1.84. The highest BCUT2D eigenvalue weighted by atomic mass is 16.6. The van der Waals surface area contributed by atoms with Gasteiger partial charge in [-0.2, -0.15) is 0 Å². The number of benzene rings is 1. The zero-order valence-corrected chi connectivity index (χ0v) is 19.1. The Morgan fingerprint density at radius 2 is 1.70 bits per heavy atom. The lowest BCUT2D eigenvalue weighted by Crippen LogP contribution is -2.51. The Labute approximate surface area is 181 Å². The molecule has 1 saturated carbocycles. The van der Waals surface area contributed by atoms with Crippen LogP contribution in [-0.4, -0.2) is 24.0 Å². The first-order valence-corrected chi connectivity index (χ1v) is 11.8. The Bertz CT molecular complexity index is 685. The third-order valence-electron chi connectivity index (χ3n) is 6.53. The van der Waals surface area contributed by atoms with Crippen LogP contribution in [0.2, 0.25) is 0 Å². The standard InChI is InChI=1S/C26H38O4/c1-18(2)14-15-26(20-10-6-5-7-11-20)17-22(27)24(25(28)30-26)23(16-19(3)4)29-21-12-8-9-13-21/h5-7,10-11,18-19,21,23-24H,8-9,12-17H2,1-4H3. The van der Waals surface area contributed by atoms with Crippen molar-refractivity contribution < 1.29 is 19.1 Å². The quantitative estimate of drug-likeness (QED) is 0.377. The van der Waals surface area contributed by atoms with E-state index in [4.69, 9.17) is 9.47 Å². The van der Waals surface area contributed by atoms with E-state index in [1.54, 1.807) is 0 Å². The van der Waals surface area contributed by atoms with Gasteiger partial charge in [-0.3, -0.25) is 9.59 Å². The third-order valence-corrected chi connectivity index (χ3v) is 6.53. The van der Waals surface area contributed by atoms with Gasteiger partial charge in [-0.15, -0.1) is 0 Å². The first-order chi connectivity index (χ1) is 14.3. The van der Waals surface area contributed by atoms with Crippen LogP contribution in [0.3, 0.4) is 0 Å². The lowest BCUT2D eigenvalue weighted by molar-refractivity contribution is -0.189. The van der Waals surface area contributed by atoms with Crippen molar-refractivity contribution in [2.45, 2.75) is 96.9 Å². The molecule has 0 amide bonds. The molecule has 2 aliphatic rings. The molecule has 2 fully saturated rings. The van der Waals surface area contributed by atoms with Crippen LogP contribution in [0.15, 0.2) is 30.3 Å². The molecule has 1 aromatic carbocycles. The summed E-state index contributed by atoms with van der Waals surface area (Å²) in [6, 6.07) is 9.79. The molecule has 1 aromatic rings. The Hall–Kier alpha value is -1.68. The van der Waals surface area contributed by atoms with Gasteiger partial charge in [0.1, 0.15) is 11.5 Å². The highest BCUT2D eigenvalue weighted by molar-refractivity contribution is 6.02. The molecule has 3 atom stereocenters. The molecule has 1 aliphatic carbocycles. The summed E-state index contributed by atoms with van der Waals surface area (Å²) in [4.78, 5) is 26.8. The van der Waals surface area contributed by atoms with E-state index in [2.05, 4.69) is 27.7 Å². The lowest BCUT2D eigenvalue weighted by Gasteiger charge is -2.41. The Kier molecular flexibility index (Phi) is 7.73. The predicted molar refractivity (Wildman–Crippen MR) is 118 cm³/mol. The number of ether oxygens (including phenoxy) is 2. The van der Waals surface area contributed by atoms with Crippen LogP contribution in [0.1, 0.15) is 84.6 Å². The molecule has 30 heavy (non-hydrogen) atoms. The predicted octanol–water partition coefficient (Wildman–Crippen LogP) is 5.82. The van der Waals surface area contributed by atoms with Gasteiger partial charge in [0.15, 0.2) is 5.78 Å². The summed E-state index contributed by atoms with van der Waals surface area (Å²) in [5.74, 6) is -0.413. The molecule has 3 rings (SSSR count). The van der Waals surface area contributed by atoms with Crippen LogP contribution in [-0.2, 0) is 24.7 Å². The lowest BCUT2D eigenvalue weighted by atomic mass is 9.76. The summed E-state index contributed by atoms with van der Waals surface area (Å²) >= 11 is 0. The number of Topliss-reactive ketones (excluding diaryl/α,β-unsaturated/α-hetero) is 1. The maximum absolute atomic E-state index is 13.5. The van der Waals surface area contributed by atoms with Gasteiger partial charge in [-0.05, 0) is 49.5 Å². The second-order valence-electron chi connectivity index (χ2n) is 10.0. The minimum absolute atomic E-state index is 0.0255. The molecule has 4 nitrogen and oxygen atoms in total. The van der Waals surface area contributed by atoms with E-state index < -0.39 is 17.5 Å². The highest BCUT2D eigenvalue weighted by Gasteiger charge is 2.51. The zero-order valence-electron chi connectivity index (χ0n) is 19.1. The van der Waals surface area contributed by atoms with Crippen molar-refractivity contribution in [3.05, 3.63) is 35.9 Å².